The second kappa shape index (κ2) is 9.83. The van der Waals surface area contributed by atoms with Crippen LogP contribution in [0.3, 0.4) is 0 Å². The van der Waals surface area contributed by atoms with E-state index in [0.717, 1.165) is 63.9 Å². The van der Waals surface area contributed by atoms with Crippen molar-refractivity contribution in [3.05, 3.63) is 54.1 Å². The van der Waals surface area contributed by atoms with Crippen LogP contribution >= 0.6 is 0 Å². The van der Waals surface area contributed by atoms with E-state index in [0.29, 0.717) is 23.6 Å². The molecule has 4 aliphatic rings. The Bertz CT molecular complexity index is 1300. The normalized spacial score (nSPS) is 20.9. The van der Waals surface area contributed by atoms with Gasteiger partial charge < -0.3 is 24.6 Å². The molecule has 4 fully saturated rings. The van der Waals surface area contributed by atoms with E-state index in [4.69, 9.17) is 9.47 Å². The molecule has 0 bridgehead atoms. The van der Waals surface area contributed by atoms with Crippen LogP contribution in [0.5, 0.6) is 0 Å². The van der Waals surface area contributed by atoms with Gasteiger partial charge in [0.2, 0.25) is 5.95 Å². The highest BCUT2D eigenvalue weighted by Gasteiger charge is 2.30. The van der Waals surface area contributed by atoms with Gasteiger partial charge in [-0.15, -0.1) is 5.10 Å². The van der Waals surface area contributed by atoms with Crippen molar-refractivity contribution < 1.29 is 15.3 Å². The summed E-state index contributed by atoms with van der Waals surface area (Å²) in [5.41, 5.74) is 5.08. The third-order valence-corrected chi connectivity index (χ3v) is 8.23. The van der Waals surface area contributed by atoms with Crippen LogP contribution < -0.4 is 15.1 Å². The Morgan fingerprint density at radius 3 is 2.42 bits per heavy atom. The molecule has 38 heavy (non-hydrogen) atoms. The van der Waals surface area contributed by atoms with E-state index in [1.54, 1.807) is 24.2 Å². The molecule has 10 heteroatoms. The van der Waals surface area contributed by atoms with E-state index in [9.17, 15) is 4.39 Å². The van der Waals surface area contributed by atoms with Gasteiger partial charge in [0.05, 0.1) is 31.0 Å². The molecule has 1 aliphatic carbocycles. The molecule has 3 aliphatic heterocycles. The van der Waals surface area contributed by atoms with E-state index in [1.807, 2.05) is 6.07 Å². The van der Waals surface area contributed by atoms with Gasteiger partial charge in [-0.1, -0.05) is 0 Å². The quantitative estimate of drug-likeness (QED) is 0.482. The Labute approximate surface area is 223 Å². The van der Waals surface area contributed by atoms with Crippen LogP contribution in [-0.2, 0) is 9.47 Å². The maximum absolute atomic E-state index is 14.5. The molecular formula is C28H36FN7O2. The number of ether oxygens (including phenoxy) is 2. The largest absolute Gasteiger partial charge is 0.378 e. The average Bonchev–Trinajstić information content (AvgIpc) is 3.61. The number of anilines is 4. The molecule has 1 saturated carbocycles. The van der Waals surface area contributed by atoms with Gasteiger partial charge in [0.25, 0.3) is 0 Å². The second-order valence-electron chi connectivity index (χ2n) is 10.9. The molecule has 0 unspecified atom stereocenters. The smallest absolute Gasteiger partial charge is 0.246 e. The van der Waals surface area contributed by atoms with Gasteiger partial charge in [0.1, 0.15) is 12.1 Å². The maximum atomic E-state index is 14.5. The molecule has 3 aromatic rings. The zero-order valence-electron chi connectivity index (χ0n) is 21.7. The summed E-state index contributed by atoms with van der Waals surface area (Å²) in [5.74, 6) is 0.836. The fraction of sp³-hybridized carbons (Fsp3) is 0.500. The van der Waals surface area contributed by atoms with Gasteiger partial charge in [-0.2, -0.15) is 4.98 Å². The van der Waals surface area contributed by atoms with Gasteiger partial charge in [0.15, 0.2) is 0 Å². The minimum absolute atomic E-state index is 0. The molecule has 0 amide bonds. The molecule has 9 nitrogen and oxygen atoms in total. The third-order valence-electron chi connectivity index (χ3n) is 8.23. The summed E-state index contributed by atoms with van der Waals surface area (Å²) >= 11 is 0. The molecule has 0 spiro atoms. The van der Waals surface area contributed by atoms with Crippen molar-refractivity contribution in [3.8, 4) is 5.69 Å². The molecule has 1 N–H and O–H groups in total. The summed E-state index contributed by atoms with van der Waals surface area (Å²) in [6.07, 6.45) is 4.32. The first-order valence-electron chi connectivity index (χ1n) is 13.6. The summed E-state index contributed by atoms with van der Waals surface area (Å²) in [6, 6.07) is 12.3. The predicted octanol–water partition coefficient (Wildman–Crippen LogP) is 3.63. The van der Waals surface area contributed by atoms with E-state index >= 15 is 0 Å². The number of hydrogen-bond donors (Lipinski definition) is 1. The van der Waals surface area contributed by atoms with Crippen molar-refractivity contribution in [2.75, 3.05) is 74.7 Å². The summed E-state index contributed by atoms with van der Waals surface area (Å²) in [5, 5.41) is 8.03. The Balaban J connectivity index is 0.00000277. The number of halogens is 1. The molecular weight excluding hydrogens is 485 g/mol. The highest BCUT2D eigenvalue weighted by atomic mass is 19.1. The highest BCUT2D eigenvalue weighted by molar-refractivity contribution is 5.65. The molecule has 3 saturated heterocycles. The third kappa shape index (κ3) is 4.83. The number of aromatic nitrogens is 3. The first-order chi connectivity index (χ1) is 18.6. The summed E-state index contributed by atoms with van der Waals surface area (Å²) in [7, 11) is 1.71. The van der Waals surface area contributed by atoms with Crippen LogP contribution in [-0.4, -0.2) is 91.4 Å². The van der Waals surface area contributed by atoms with Crippen LogP contribution in [0.4, 0.5) is 27.4 Å². The molecule has 7 rings (SSSR count). The predicted molar refractivity (Wildman–Crippen MR) is 147 cm³/mol. The van der Waals surface area contributed by atoms with Crippen LogP contribution in [0, 0.1) is 5.82 Å². The molecule has 0 atom stereocenters. The minimum atomic E-state index is -0.296. The topological polar surface area (TPSA) is 70.9 Å². The zero-order chi connectivity index (χ0) is 25.6. The van der Waals surface area contributed by atoms with E-state index in [1.165, 1.54) is 30.2 Å². The summed E-state index contributed by atoms with van der Waals surface area (Å²) in [4.78, 5) is 11.6. The fourth-order valence-electron chi connectivity index (χ4n) is 5.57. The summed E-state index contributed by atoms with van der Waals surface area (Å²) in [6.45, 7) is 7.41. The Kier molecular flexibility index (Phi) is 6.18. The molecule has 1 aromatic heterocycles. The molecule has 2 aromatic carbocycles. The Hall–Kier alpha value is -3.21. The standard InChI is InChI=1S/C28H34FN7O2.H2/c1-37-27-14-35(15-27)24-10-21(29)11-25(13-24)36-18-30-28(32-36)31-22-8-20(19-2-3-19)9-23(12-22)33-4-6-34(7-5-33)26-16-38-17-26;/h8-13,18-19,26-27H,2-7,14-17H2,1H3,(H,31,32);1H. The van der Waals surface area contributed by atoms with E-state index < -0.39 is 0 Å². The average molecular weight is 522 g/mol. The van der Waals surface area contributed by atoms with Crippen LogP contribution in [0.2, 0.25) is 0 Å². The van der Waals surface area contributed by atoms with Crippen LogP contribution in [0.15, 0.2) is 42.7 Å². The number of nitrogens with one attached hydrogen (secondary N) is 1. The van der Waals surface area contributed by atoms with Crippen molar-refractivity contribution in [1.29, 1.82) is 0 Å². The Morgan fingerprint density at radius 1 is 0.947 bits per heavy atom. The van der Waals surface area contributed by atoms with E-state index in [-0.39, 0.29) is 13.3 Å². The molecule has 4 heterocycles. The highest BCUT2D eigenvalue weighted by Crippen LogP contribution is 2.42. The number of benzene rings is 2. The number of hydrogen-bond acceptors (Lipinski definition) is 8. The Morgan fingerprint density at radius 2 is 1.71 bits per heavy atom. The lowest BCUT2D eigenvalue weighted by Gasteiger charge is -2.43. The lowest BCUT2D eigenvalue weighted by atomic mass is 10.1. The van der Waals surface area contributed by atoms with Gasteiger partial charge in [-0.05, 0) is 60.7 Å². The number of rotatable bonds is 8. The zero-order valence-corrected chi connectivity index (χ0v) is 21.7. The van der Waals surface area contributed by atoms with Gasteiger partial charge in [0, 0.05) is 64.9 Å². The van der Waals surface area contributed by atoms with Crippen molar-refractivity contribution in [2.45, 2.75) is 30.9 Å². The number of piperazine rings is 1. The molecule has 0 radical (unpaired) electrons. The van der Waals surface area contributed by atoms with Crippen molar-refractivity contribution in [2.24, 2.45) is 0 Å². The van der Waals surface area contributed by atoms with Gasteiger partial charge >= 0.3 is 0 Å². The van der Waals surface area contributed by atoms with Crippen LogP contribution in [0.25, 0.3) is 5.69 Å². The number of nitrogens with zero attached hydrogens (tertiary/aromatic N) is 6. The second-order valence-corrected chi connectivity index (χ2v) is 10.9. The van der Waals surface area contributed by atoms with Crippen molar-refractivity contribution >= 4 is 23.0 Å². The SMILES string of the molecule is COC1CN(c2cc(F)cc(-n3cnc(Nc4cc(C5CC5)cc(N5CCN(C6COC6)CC5)c4)n3)c2)C1.[HH]. The van der Waals surface area contributed by atoms with Crippen molar-refractivity contribution in [3.63, 3.8) is 0 Å². The number of methoxy groups -OCH3 is 1. The minimum Gasteiger partial charge on any atom is -0.378 e. The van der Waals surface area contributed by atoms with Gasteiger partial charge in [-0.25, -0.2) is 9.07 Å². The van der Waals surface area contributed by atoms with E-state index in [2.05, 4.69) is 48.3 Å². The van der Waals surface area contributed by atoms with Crippen LogP contribution in [0.1, 0.15) is 25.7 Å². The first kappa shape index (κ1) is 23.9. The summed E-state index contributed by atoms with van der Waals surface area (Å²) < 4.78 is 26.8. The lowest BCUT2D eigenvalue weighted by molar-refractivity contribution is -0.0660. The monoisotopic (exact) mass is 521 g/mol. The lowest BCUT2D eigenvalue weighted by Crippen LogP contribution is -2.56. The van der Waals surface area contributed by atoms with Crippen molar-refractivity contribution in [1.82, 2.24) is 19.7 Å². The molecule has 202 valence electrons. The maximum Gasteiger partial charge on any atom is 0.246 e. The first-order valence-corrected chi connectivity index (χ1v) is 13.6. The van der Waals surface area contributed by atoms with Gasteiger partial charge in [-0.3, -0.25) is 4.90 Å². The fourth-order valence-corrected chi connectivity index (χ4v) is 5.57.